The van der Waals surface area contributed by atoms with Gasteiger partial charge in [-0.3, -0.25) is 0 Å². The minimum absolute atomic E-state index is 0.630. The highest BCUT2D eigenvalue weighted by Gasteiger charge is 2.36. The monoisotopic (exact) mass is 329 g/mol. The fourth-order valence-electron chi connectivity index (χ4n) is 3.04. The van der Waals surface area contributed by atoms with Gasteiger partial charge in [0.05, 0.1) is 13.2 Å². The maximum atomic E-state index is 6.06. The predicted octanol–water partition coefficient (Wildman–Crippen LogP) is 4.08. The predicted molar refractivity (Wildman–Crippen MR) is 96.8 cm³/mol. The van der Waals surface area contributed by atoms with Gasteiger partial charge in [0.1, 0.15) is 0 Å². The first-order valence-corrected chi connectivity index (χ1v) is 8.84. The van der Waals surface area contributed by atoms with Crippen molar-refractivity contribution in [1.82, 2.24) is 4.90 Å². The van der Waals surface area contributed by atoms with E-state index in [-0.39, 0.29) is 0 Å². The van der Waals surface area contributed by atoms with Crippen LogP contribution in [0.5, 0.6) is 11.5 Å². The van der Waals surface area contributed by atoms with E-state index in [9.17, 15) is 0 Å². The van der Waals surface area contributed by atoms with Gasteiger partial charge >= 0.3 is 0 Å². The van der Waals surface area contributed by atoms with Gasteiger partial charge in [0, 0.05) is 19.9 Å². The van der Waals surface area contributed by atoms with Gasteiger partial charge < -0.3 is 19.1 Å². The lowest BCUT2D eigenvalue weighted by Gasteiger charge is -2.23. The number of hydrogen-bond donors (Lipinski definition) is 0. The second-order valence-corrected chi connectivity index (χ2v) is 6.37. The van der Waals surface area contributed by atoms with Gasteiger partial charge in [-0.05, 0) is 36.0 Å². The molecular formula is C20H27NO3. The number of fused-ring (bicyclic) bond motifs is 2. The normalized spacial score (nSPS) is 15.3. The van der Waals surface area contributed by atoms with Gasteiger partial charge in [0.15, 0.2) is 11.5 Å². The summed E-state index contributed by atoms with van der Waals surface area (Å²) in [6, 6.07) is 12.4. The van der Waals surface area contributed by atoms with Crippen molar-refractivity contribution < 1.29 is 14.2 Å². The van der Waals surface area contributed by atoms with Crippen LogP contribution in [-0.2, 0) is 4.74 Å². The van der Waals surface area contributed by atoms with Crippen LogP contribution in [-0.4, -0.2) is 43.5 Å². The van der Waals surface area contributed by atoms with Crippen molar-refractivity contribution in [3.05, 3.63) is 36.4 Å². The fourth-order valence-corrected chi connectivity index (χ4v) is 3.04. The van der Waals surface area contributed by atoms with Gasteiger partial charge in [0.2, 0.25) is 0 Å². The summed E-state index contributed by atoms with van der Waals surface area (Å²) in [5, 5.41) is 2.33. The van der Waals surface area contributed by atoms with E-state index in [1.54, 1.807) is 0 Å². The lowest BCUT2D eigenvalue weighted by atomic mass is 10.1. The molecule has 0 radical (unpaired) electrons. The van der Waals surface area contributed by atoms with E-state index in [2.05, 4.69) is 43.0 Å². The summed E-state index contributed by atoms with van der Waals surface area (Å²) in [4.78, 5) is 2.35. The molecule has 1 heterocycles. The van der Waals surface area contributed by atoms with Gasteiger partial charge in [-0.25, -0.2) is 0 Å². The van der Waals surface area contributed by atoms with Crippen molar-refractivity contribution in [3.63, 3.8) is 0 Å². The second-order valence-electron chi connectivity index (χ2n) is 6.37. The maximum Gasteiger partial charge on any atom is 0.251 e. The molecule has 2 aromatic carbocycles. The summed E-state index contributed by atoms with van der Waals surface area (Å²) in [6.07, 6.45) is 0.705. The highest BCUT2D eigenvalue weighted by molar-refractivity contribution is 5.86. The van der Waals surface area contributed by atoms with Crippen LogP contribution in [0, 0.1) is 0 Å². The van der Waals surface area contributed by atoms with E-state index in [0.717, 1.165) is 37.7 Å². The summed E-state index contributed by atoms with van der Waals surface area (Å²) in [5.74, 6) is 0.994. The van der Waals surface area contributed by atoms with E-state index in [4.69, 9.17) is 14.2 Å². The molecule has 0 bridgehead atoms. The Kier molecular flexibility index (Phi) is 5.27. The molecule has 130 valence electrons. The molecule has 0 saturated heterocycles. The molecule has 0 spiro atoms. The Bertz CT molecular complexity index is 637. The van der Waals surface area contributed by atoms with Crippen molar-refractivity contribution in [2.75, 3.05) is 32.8 Å². The van der Waals surface area contributed by atoms with Gasteiger partial charge in [-0.2, -0.15) is 0 Å². The van der Waals surface area contributed by atoms with E-state index >= 15 is 0 Å². The Balaban J connectivity index is 1.53. The van der Waals surface area contributed by atoms with Crippen molar-refractivity contribution >= 4 is 10.8 Å². The molecular weight excluding hydrogens is 302 g/mol. The maximum absolute atomic E-state index is 6.06. The number of ether oxygens (including phenoxy) is 3. The van der Waals surface area contributed by atoms with Crippen molar-refractivity contribution in [1.29, 1.82) is 0 Å². The Labute approximate surface area is 144 Å². The van der Waals surface area contributed by atoms with Crippen LogP contribution in [0.1, 0.15) is 27.2 Å². The highest BCUT2D eigenvalue weighted by atomic mass is 16.7. The molecule has 4 heteroatoms. The molecule has 4 nitrogen and oxygen atoms in total. The van der Waals surface area contributed by atoms with Gasteiger partial charge in [-0.15, -0.1) is 0 Å². The van der Waals surface area contributed by atoms with Gasteiger partial charge in [0.25, 0.3) is 5.79 Å². The third-order valence-electron chi connectivity index (χ3n) is 4.61. The van der Waals surface area contributed by atoms with Crippen LogP contribution in [0.25, 0.3) is 10.8 Å². The Morgan fingerprint density at radius 3 is 2.08 bits per heavy atom. The number of likely N-dealkylation sites (N-methyl/N-ethyl adjacent to an activating group) is 1. The molecule has 24 heavy (non-hydrogen) atoms. The summed E-state index contributed by atoms with van der Waals surface area (Å²) < 4.78 is 17.9. The Hall–Kier alpha value is -1.78. The van der Waals surface area contributed by atoms with Crippen molar-refractivity contribution in [2.24, 2.45) is 0 Å². The zero-order chi connectivity index (χ0) is 17.0. The minimum Gasteiger partial charge on any atom is -0.449 e. The first-order chi connectivity index (χ1) is 11.6. The summed E-state index contributed by atoms with van der Waals surface area (Å²) >= 11 is 0. The Morgan fingerprint density at radius 2 is 1.54 bits per heavy atom. The molecule has 0 aromatic heterocycles. The van der Waals surface area contributed by atoms with Crippen LogP contribution in [0.3, 0.4) is 0 Å². The van der Waals surface area contributed by atoms with E-state index in [0.29, 0.717) is 13.0 Å². The second kappa shape index (κ2) is 7.41. The molecule has 0 fully saturated rings. The van der Waals surface area contributed by atoms with Crippen molar-refractivity contribution in [3.8, 4) is 11.5 Å². The molecule has 0 amide bonds. The zero-order valence-electron chi connectivity index (χ0n) is 14.9. The van der Waals surface area contributed by atoms with Crippen LogP contribution in [0.15, 0.2) is 36.4 Å². The number of hydrogen-bond acceptors (Lipinski definition) is 4. The number of rotatable bonds is 8. The number of nitrogens with zero attached hydrogens (tertiary/aromatic N) is 1. The topological polar surface area (TPSA) is 30.9 Å². The summed E-state index contributed by atoms with van der Waals surface area (Å²) in [5.41, 5.74) is 0. The third-order valence-corrected chi connectivity index (χ3v) is 4.61. The van der Waals surface area contributed by atoms with Gasteiger partial charge in [-0.1, -0.05) is 38.1 Å². The van der Waals surface area contributed by atoms with Crippen LogP contribution in [0.2, 0.25) is 0 Å². The first kappa shape index (κ1) is 17.1. The van der Waals surface area contributed by atoms with Crippen molar-refractivity contribution in [2.45, 2.75) is 33.0 Å². The zero-order valence-corrected chi connectivity index (χ0v) is 14.9. The Morgan fingerprint density at radius 1 is 0.958 bits per heavy atom. The fraction of sp³-hybridized carbons (Fsp3) is 0.500. The molecule has 1 aliphatic rings. The molecule has 0 N–H and O–H groups in total. The molecule has 2 aromatic rings. The quantitative estimate of drug-likeness (QED) is 0.683. The van der Waals surface area contributed by atoms with E-state index in [1.165, 1.54) is 10.8 Å². The van der Waals surface area contributed by atoms with Crippen LogP contribution >= 0.6 is 0 Å². The number of benzene rings is 2. The SMILES string of the molecule is CCN(CC)CCOCCC1(C)Oc2cc3ccccc3cc2O1. The average Bonchev–Trinajstić information content (AvgIpc) is 2.91. The molecule has 0 aliphatic carbocycles. The third kappa shape index (κ3) is 3.82. The highest BCUT2D eigenvalue weighted by Crippen LogP contribution is 2.43. The minimum atomic E-state index is -0.644. The summed E-state index contributed by atoms with van der Waals surface area (Å²) in [6.45, 7) is 10.8. The molecule has 0 atom stereocenters. The summed E-state index contributed by atoms with van der Waals surface area (Å²) in [7, 11) is 0. The largest absolute Gasteiger partial charge is 0.449 e. The lowest BCUT2D eigenvalue weighted by molar-refractivity contribution is -0.0841. The van der Waals surface area contributed by atoms with E-state index in [1.807, 2.05) is 19.1 Å². The average molecular weight is 329 g/mol. The van der Waals surface area contributed by atoms with E-state index < -0.39 is 5.79 Å². The van der Waals surface area contributed by atoms with Crippen LogP contribution in [0.4, 0.5) is 0 Å². The standard InChI is InChI=1S/C20H27NO3/c1-4-21(5-2)11-13-22-12-10-20(3)23-18-14-16-8-6-7-9-17(16)15-19(18)24-20/h6-9,14-15H,4-5,10-13H2,1-3H3. The smallest absolute Gasteiger partial charge is 0.251 e. The first-order valence-electron chi connectivity index (χ1n) is 8.84. The van der Waals surface area contributed by atoms with Crippen LogP contribution < -0.4 is 9.47 Å². The lowest BCUT2D eigenvalue weighted by Crippen LogP contribution is -2.36. The molecule has 3 rings (SSSR count). The molecule has 1 aliphatic heterocycles. The molecule has 0 saturated carbocycles. The molecule has 0 unspecified atom stereocenters.